The molecule has 1 saturated heterocycles. The van der Waals surface area contributed by atoms with Gasteiger partial charge in [-0.15, -0.1) is 0 Å². The Bertz CT molecular complexity index is 361. The lowest BCUT2D eigenvalue weighted by Gasteiger charge is -2.37. The molecule has 0 radical (unpaired) electrons. The molecule has 0 saturated carbocycles. The lowest BCUT2D eigenvalue weighted by Crippen LogP contribution is -2.55. The number of hydrogen-bond acceptors (Lipinski definition) is 2. The highest BCUT2D eigenvalue weighted by Crippen LogP contribution is 2.15. The van der Waals surface area contributed by atoms with Crippen molar-refractivity contribution in [1.29, 1.82) is 0 Å². The molecule has 2 rings (SSSR count). The number of benzene rings is 1. The molecule has 1 heterocycles. The summed E-state index contributed by atoms with van der Waals surface area (Å²) in [5, 5.41) is 3.58. The molecule has 1 N–H and O–H groups in total. The molecule has 1 aromatic rings. The summed E-state index contributed by atoms with van der Waals surface area (Å²) >= 11 is 0. The van der Waals surface area contributed by atoms with Crippen LogP contribution in [0.4, 0.5) is 4.39 Å². The van der Waals surface area contributed by atoms with E-state index in [0.717, 1.165) is 26.1 Å². The fourth-order valence-electron chi connectivity index (χ4n) is 2.24. The third kappa shape index (κ3) is 3.79. The highest BCUT2D eigenvalue weighted by Gasteiger charge is 2.27. The first-order valence-corrected chi connectivity index (χ1v) is 6.15. The predicted molar refractivity (Wildman–Crippen MR) is 66.5 cm³/mol. The lowest BCUT2D eigenvalue weighted by atomic mass is 9.99. The molecule has 1 fully saturated rings. The van der Waals surface area contributed by atoms with E-state index in [1.807, 2.05) is 12.1 Å². The molecule has 0 amide bonds. The Morgan fingerprint density at radius 2 is 2.06 bits per heavy atom. The van der Waals surface area contributed by atoms with E-state index >= 15 is 0 Å². The van der Waals surface area contributed by atoms with Crippen molar-refractivity contribution in [3.05, 3.63) is 35.6 Å². The average molecular weight is 237 g/mol. The Kier molecular flexibility index (Phi) is 3.79. The summed E-state index contributed by atoms with van der Waals surface area (Å²) in [5.41, 5.74) is 1.24. The summed E-state index contributed by atoms with van der Waals surface area (Å²) in [6.07, 6.45) is 1.98. The van der Waals surface area contributed by atoms with Crippen molar-refractivity contribution in [3.63, 3.8) is 0 Å². The van der Waals surface area contributed by atoms with Crippen LogP contribution in [0.3, 0.4) is 0 Å². The average Bonchev–Trinajstić information content (AvgIpc) is 2.27. The van der Waals surface area contributed by atoms with Gasteiger partial charge in [0, 0.05) is 11.6 Å². The molecule has 3 heteroatoms. The predicted octanol–water partition coefficient (Wildman–Crippen LogP) is 2.53. The molecular weight excluding hydrogens is 217 g/mol. The van der Waals surface area contributed by atoms with Gasteiger partial charge < -0.3 is 10.1 Å². The number of aryl methyl sites for hydroxylation is 1. The molecule has 1 atom stereocenters. The zero-order valence-electron chi connectivity index (χ0n) is 10.5. The van der Waals surface area contributed by atoms with Crippen molar-refractivity contribution >= 4 is 0 Å². The summed E-state index contributed by atoms with van der Waals surface area (Å²) in [5.74, 6) is -0.172. The van der Waals surface area contributed by atoms with Gasteiger partial charge in [0.2, 0.25) is 0 Å². The maximum absolute atomic E-state index is 12.8. The van der Waals surface area contributed by atoms with Crippen LogP contribution in [-0.4, -0.2) is 24.8 Å². The van der Waals surface area contributed by atoms with Gasteiger partial charge in [-0.05, 0) is 44.4 Å². The summed E-state index contributed by atoms with van der Waals surface area (Å²) < 4.78 is 18.3. The Hall–Kier alpha value is -0.930. The summed E-state index contributed by atoms with van der Waals surface area (Å²) in [6.45, 7) is 5.83. The monoisotopic (exact) mass is 237 g/mol. The van der Waals surface area contributed by atoms with Gasteiger partial charge in [-0.1, -0.05) is 12.1 Å². The minimum Gasteiger partial charge on any atom is -0.378 e. The molecule has 0 spiro atoms. The molecule has 2 nitrogen and oxygen atoms in total. The number of rotatable bonds is 3. The first-order valence-electron chi connectivity index (χ1n) is 6.15. The highest BCUT2D eigenvalue weighted by molar-refractivity contribution is 5.16. The maximum Gasteiger partial charge on any atom is 0.123 e. The minimum atomic E-state index is -0.172. The van der Waals surface area contributed by atoms with Crippen LogP contribution in [0.5, 0.6) is 0 Å². The van der Waals surface area contributed by atoms with Crippen LogP contribution in [-0.2, 0) is 11.2 Å². The molecular formula is C14H20FNO. The second-order valence-corrected chi connectivity index (χ2v) is 5.41. The molecule has 1 unspecified atom stereocenters. The van der Waals surface area contributed by atoms with Crippen LogP contribution < -0.4 is 5.32 Å². The Labute approximate surface area is 102 Å². The molecule has 0 aromatic heterocycles. The molecule has 94 valence electrons. The van der Waals surface area contributed by atoms with Crippen LogP contribution >= 0.6 is 0 Å². The maximum atomic E-state index is 12.8. The van der Waals surface area contributed by atoms with Crippen LogP contribution in [0.2, 0.25) is 0 Å². The Balaban J connectivity index is 1.84. The number of ether oxygens (including phenoxy) is 1. The van der Waals surface area contributed by atoms with Gasteiger partial charge in [0.15, 0.2) is 0 Å². The first kappa shape index (κ1) is 12.5. The zero-order chi connectivity index (χ0) is 12.3. The molecule has 1 aliphatic heterocycles. The number of nitrogens with one attached hydrogen (secondary N) is 1. The summed E-state index contributed by atoms with van der Waals surface area (Å²) in [4.78, 5) is 0. The van der Waals surface area contributed by atoms with Crippen molar-refractivity contribution in [2.75, 3.05) is 13.2 Å². The summed E-state index contributed by atoms with van der Waals surface area (Å²) in [7, 11) is 0. The van der Waals surface area contributed by atoms with Crippen molar-refractivity contribution in [3.8, 4) is 0 Å². The van der Waals surface area contributed by atoms with Crippen molar-refractivity contribution in [1.82, 2.24) is 5.32 Å². The largest absolute Gasteiger partial charge is 0.378 e. The molecule has 17 heavy (non-hydrogen) atoms. The van der Waals surface area contributed by atoms with Gasteiger partial charge in [-0.3, -0.25) is 0 Å². The van der Waals surface area contributed by atoms with Gasteiger partial charge in [-0.2, -0.15) is 0 Å². The highest BCUT2D eigenvalue weighted by atomic mass is 19.1. The quantitative estimate of drug-likeness (QED) is 0.872. The Morgan fingerprint density at radius 1 is 1.35 bits per heavy atom. The van der Waals surface area contributed by atoms with E-state index in [4.69, 9.17) is 4.74 Å². The van der Waals surface area contributed by atoms with Crippen molar-refractivity contribution in [2.24, 2.45) is 0 Å². The van der Waals surface area contributed by atoms with E-state index in [1.165, 1.54) is 17.7 Å². The Morgan fingerprint density at radius 3 is 2.71 bits per heavy atom. The first-order chi connectivity index (χ1) is 8.05. The van der Waals surface area contributed by atoms with Crippen molar-refractivity contribution < 1.29 is 9.13 Å². The second-order valence-electron chi connectivity index (χ2n) is 5.41. The topological polar surface area (TPSA) is 21.3 Å². The molecule has 0 bridgehead atoms. The lowest BCUT2D eigenvalue weighted by molar-refractivity contribution is 0.0113. The number of halogens is 1. The summed E-state index contributed by atoms with van der Waals surface area (Å²) in [6, 6.07) is 7.13. The molecule has 0 aliphatic carbocycles. The fraction of sp³-hybridized carbons (Fsp3) is 0.571. The fourth-order valence-corrected chi connectivity index (χ4v) is 2.24. The third-order valence-corrected chi connectivity index (χ3v) is 3.07. The second kappa shape index (κ2) is 5.15. The SMILES string of the molecule is CC1(C)COCC(CCc2ccc(F)cc2)N1. The van der Waals surface area contributed by atoms with Gasteiger partial charge >= 0.3 is 0 Å². The normalized spacial score (nSPS) is 23.6. The van der Waals surface area contributed by atoms with E-state index in [2.05, 4.69) is 19.2 Å². The van der Waals surface area contributed by atoms with E-state index in [1.54, 1.807) is 0 Å². The van der Waals surface area contributed by atoms with Gasteiger partial charge in [0.25, 0.3) is 0 Å². The van der Waals surface area contributed by atoms with E-state index in [-0.39, 0.29) is 11.4 Å². The van der Waals surface area contributed by atoms with Crippen LogP contribution in [0, 0.1) is 5.82 Å². The standard InChI is InChI=1S/C14H20FNO/c1-14(2)10-17-9-13(16-14)8-5-11-3-6-12(15)7-4-11/h3-4,6-7,13,16H,5,8-10H2,1-2H3. The molecule has 1 aromatic carbocycles. The smallest absolute Gasteiger partial charge is 0.123 e. The number of hydrogen-bond donors (Lipinski definition) is 1. The van der Waals surface area contributed by atoms with Gasteiger partial charge in [-0.25, -0.2) is 4.39 Å². The van der Waals surface area contributed by atoms with Crippen molar-refractivity contribution in [2.45, 2.75) is 38.3 Å². The zero-order valence-corrected chi connectivity index (χ0v) is 10.5. The van der Waals surface area contributed by atoms with E-state index in [0.29, 0.717) is 6.04 Å². The van der Waals surface area contributed by atoms with E-state index < -0.39 is 0 Å². The van der Waals surface area contributed by atoms with Crippen LogP contribution in [0.15, 0.2) is 24.3 Å². The third-order valence-electron chi connectivity index (χ3n) is 3.07. The molecule has 1 aliphatic rings. The van der Waals surface area contributed by atoms with Crippen LogP contribution in [0.1, 0.15) is 25.8 Å². The van der Waals surface area contributed by atoms with Crippen LogP contribution in [0.25, 0.3) is 0 Å². The minimum absolute atomic E-state index is 0.0612. The van der Waals surface area contributed by atoms with E-state index in [9.17, 15) is 4.39 Å². The van der Waals surface area contributed by atoms with Gasteiger partial charge in [0.05, 0.1) is 13.2 Å². The number of morpholine rings is 1. The van der Waals surface area contributed by atoms with Gasteiger partial charge in [0.1, 0.15) is 5.82 Å².